The molecule has 0 saturated heterocycles. The zero-order valence-electron chi connectivity index (χ0n) is 19.9. The molecule has 35 heavy (non-hydrogen) atoms. The SMILES string of the molecule is CCCN(CC(=O)N1CCc2sccc2C1COc1cccc(OC)c1)C(=O)c1cccc(F)c1. The van der Waals surface area contributed by atoms with Gasteiger partial charge in [-0.05, 0) is 60.2 Å². The van der Waals surface area contributed by atoms with Gasteiger partial charge in [-0.3, -0.25) is 9.59 Å². The maximum atomic E-state index is 13.7. The van der Waals surface area contributed by atoms with E-state index < -0.39 is 5.82 Å². The zero-order chi connectivity index (χ0) is 24.8. The summed E-state index contributed by atoms with van der Waals surface area (Å²) in [5, 5.41) is 2.04. The third-order valence-electron chi connectivity index (χ3n) is 6.04. The minimum absolute atomic E-state index is 0.0711. The van der Waals surface area contributed by atoms with E-state index in [4.69, 9.17) is 9.47 Å². The number of ether oxygens (including phenoxy) is 2. The summed E-state index contributed by atoms with van der Waals surface area (Å²) < 4.78 is 25.1. The number of methoxy groups -OCH3 is 1. The first-order valence-corrected chi connectivity index (χ1v) is 12.6. The molecule has 3 aromatic rings. The first-order valence-electron chi connectivity index (χ1n) is 11.7. The van der Waals surface area contributed by atoms with E-state index in [1.165, 1.54) is 28.0 Å². The van der Waals surface area contributed by atoms with Crippen LogP contribution in [0.1, 0.15) is 40.2 Å². The van der Waals surface area contributed by atoms with Crippen LogP contribution in [-0.4, -0.2) is 55.0 Å². The smallest absolute Gasteiger partial charge is 0.254 e. The van der Waals surface area contributed by atoms with Crippen LogP contribution in [0.5, 0.6) is 11.5 Å². The van der Waals surface area contributed by atoms with Crippen LogP contribution in [-0.2, 0) is 11.2 Å². The van der Waals surface area contributed by atoms with Gasteiger partial charge in [-0.25, -0.2) is 4.39 Å². The summed E-state index contributed by atoms with van der Waals surface area (Å²) in [6.45, 7) is 3.11. The number of amides is 2. The second-order valence-corrected chi connectivity index (χ2v) is 9.38. The molecule has 1 atom stereocenters. The third kappa shape index (κ3) is 5.82. The second-order valence-electron chi connectivity index (χ2n) is 8.38. The van der Waals surface area contributed by atoms with Crippen LogP contribution in [0.3, 0.4) is 0 Å². The number of carbonyl (C=O) groups is 2. The molecule has 2 amide bonds. The van der Waals surface area contributed by atoms with E-state index in [1.807, 2.05) is 42.6 Å². The van der Waals surface area contributed by atoms with Crippen molar-refractivity contribution < 1.29 is 23.5 Å². The van der Waals surface area contributed by atoms with Crippen molar-refractivity contribution in [3.63, 3.8) is 0 Å². The fourth-order valence-electron chi connectivity index (χ4n) is 4.32. The molecule has 0 N–H and O–H groups in total. The topological polar surface area (TPSA) is 59.1 Å². The summed E-state index contributed by atoms with van der Waals surface area (Å²) in [5.74, 6) is 0.375. The highest BCUT2D eigenvalue weighted by atomic mass is 32.1. The van der Waals surface area contributed by atoms with Gasteiger partial charge in [-0.1, -0.05) is 19.1 Å². The monoisotopic (exact) mass is 496 g/mol. The van der Waals surface area contributed by atoms with E-state index in [1.54, 1.807) is 29.4 Å². The highest BCUT2D eigenvalue weighted by Crippen LogP contribution is 2.34. The molecule has 4 rings (SSSR count). The lowest BCUT2D eigenvalue weighted by Crippen LogP contribution is -2.48. The van der Waals surface area contributed by atoms with Crippen molar-refractivity contribution in [3.05, 3.63) is 81.8 Å². The quantitative estimate of drug-likeness (QED) is 0.421. The van der Waals surface area contributed by atoms with Crippen molar-refractivity contribution in [3.8, 4) is 11.5 Å². The van der Waals surface area contributed by atoms with Crippen LogP contribution in [0.4, 0.5) is 4.39 Å². The molecule has 184 valence electrons. The van der Waals surface area contributed by atoms with Gasteiger partial charge in [-0.2, -0.15) is 0 Å². The molecule has 6 nitrogen and oxygen atoms in total. The lowest BCUT2D eigenvalue weighted by molar-refractivity contribution is -0.135. The Bertz CT molecular complexity index is 1180. The molecule has 0 radical (unpaired) electrons. The number of nitrogens with zero attached hydrogens (tertiary/aromatic N) is 2. The molecule has 2 aromatic carbocycles. The number of thiophene rings is 1. The minimum Gasteiger partial charge on any atom is -0.497 e. The molecule has 2 heterocycles. The largest absolute Gasteiger partial charge is 0.497 e. The van der Waals surface area contributed by atoms with Gasteiger partial charge in [0.2, 0.25) is 5.91 Å². The number of hydrogen-bond acceptors (Lipinski definition) is 5. The Balaban J connectivity index is 1.52. The van der Waals surface area contributed by atoms with E-state index in [2.05, 4.69) is 0 Å². The van der Waals surface area contributed by atoms with Gasteiger partial charge in [0.1, 0.15) is 30.5 Å². The summed E-state index contributed by atoms with van der Waals surface area (Å²) in [6.07, 6.45) is 1.45. The van der Waals surface area contributed by atoms with Gasteiger partial charge in [0.15, 0.2) is 0 Å². The van der Waals surface area contributed by atoms with Gasteiger partial charge >= 0.3 is 0 Å². The highest BCUT2D eigenvalue weighted by molar-refractivity contribution is 7.10. The predicted molar refractivity (Wildman–Crippen MR) is 134 cm³/mol. The Kier molecular flexibility index (Phi) is 8.02. The highest BCUT2D eigenvalue weighted by Gasteiger charge is 2.33. The molecule has 0 fully saturated rings. The van der Waals surface area contributed by atoms with E-state index in [0.717, 1.165) is 12.0 Å². The number of halogens is 1. The average molecular weight is 497 g/mol. The summed E-state index contributed by atoms with van der Waals surface area (Å²) in [6, 6.07) is 14.7. The molecule has 0 spiro atoms. The fraction of sp³-hybridized carbons (Fsp3) is 0.333. The molecule has 0 saturated carbocycles. The molecule has 8 heteroatoms. The Morgan fingerprint density at radius 1 is 1.14 bits per heavy atom. The Labute approximate surface area is 208 Å². The van der Waals surface area contributed by atoms with Crippen LogP contribution >= 0.6 is 11.3 Å². The van der Waals surface area contributed by atoms with Gasteiger partial charge in [0.25, 0.3) is 5.91 Å². The minimum atomic E-state index is -0.477. The molecule has 1 aromatic heterocycles. The van der Waals surface area contributed by atoms with E-state index in [-0.39, 0.29) is 36.6 Å². The summed E-state index contributed by atoms with van der Waals surface area (Å²) in [5.41, 5.74) is 1.32. The van der Waals surface area contributed by atoms with Gasteiger partial charge < -0.3 is 19.3 Å². The maximum Gasteiger partial charge on any atom is 0.254 e. The summed E-state index contributed by atoms with van der Waals surface area (Å²) in [4.78, 5) is 31.1. The molecule has 0 bridgehead atoms. The average Bonchev–Trinajstić information content (AvgIpc) is 3.36. The molecular formula is C27H29FN2O4S. The number of benzene rings is 2. The maximum absolute atomic E-state index is 13.7. The Hall–Kier alpha value is -3.39. The van der Waals surface area contributed by atoms with Crippen LogP contribution in [0.25, 0.3) is 0 Å². The van der Waals surface area contributed by atoms with E-state index in [0.29, 0.717) is 31.0 Å². The standard InChI is InChI=1S/C27H29FN2O4S/c1-3-12-29(27(32)19-6-4-7-20(28)15-19)17-26(31)30-13-10-25-23(11-14-35-25)24(30)18-34-22-9-5-8-21(16-22)33-2/h4-9,11,14-16,24H,3,10,12-13,17-18H2,1-2H3. The van der Waals surface area contributed by atoms with Crippen molar-refractivity contribution in [2.75, 3.05) is 33.4 Å². The number of fused-ring (bicyclic) bond motifs is 1. The first-order chi connectivity index (χ1) is 17.0. The number of carbonyl (C=O) groups excluding carboxylic acids is 2. The van der Waals surface area contributed by atoms with Crippen LogP contribution < -0.4 is 9.47 Å². The summed E-state index contributed by atoms with van der Waals surface area (Å²) in [7, 11) is 1.60. The van der Waals surface area contributed by atoms with Crippen LogP contribution in [0, 0.1) is 5.82 Å². The normalized spacial score (nSPS) is 14.8. The van der Waals surface area contributed by atoms with Gasteiger partial charge in [-0.15, -0.1) is 11.3 Å². The molecule has 1 unspecified atom stereocenters. The number of rotatable bonds is 9. The van der Waals surface area contributed by atoms with Crippen LogP contribution in [0.2, 0.25) is 0 Å². The Morgan fingerprint density at radius 3 is 2.71 bits per heavy atom. The van der Waals surface area contributed by atoms with Crippen molar-refractivity contribution in [2.45, 2.75) is 25.8 Å². The van der Waals surface area contributed by atoms with Crippen LogP contribution in [0.15, 0.2) is 60.0 Å². The summed E-state index contributed by atoms with van der Waals surface area (Å²) >= 11 is 1.68. The molecule has 1 aliphatic heterocycles. The Morgan fingerprint density at radius 2 is 1.94 bits per heavy atom. The van der Waals surface area contributed by atoms with Gasteiger partial charge in [0, 0.05) is 29.6 Å². The van der Waals surface area contributed by atoms with Crippen molar-refractivity contribution in [1.82, 2.24) is 9.80 Å². The fourth-order valence-corrected chi connectivity index (χ4v) is 5.25. The lowest BCUT2D eigenvalue weighted by atomic mass is 10.0. The van der Waals surface area contributed by atoms with E-state index >= 15 is 0 Å². The predicted octanol–water partition coefficient (Wildman–Crippen LogP) is 4.95. The van der Waals surface area contributed by atoms with Crippen molar-refractivity contribution in [1.29, 1.82) is 0 Å². The lowest BCUT2D eigenvalue weighted by Gasteiger charge is -2.37. The van der Waals surface area contributed by atoms with E-state index in [9.17, 15) is 14.0 Å². The molecular weight excluding hydrogens is 467 g/mol. The molecule has 1 aliphatic rings. The van der Waals surface area contributed by atoms with Gasteiger partial charge in [0.05, 0.1) is 13.2 Å². The zero-order valence-corrected chi connectivity index (χ0v) is 20.7. The molecule has 0 aliphatic carbocycles. The third-order valence-corrected chi connectivity index (χ3v) is 7.04. The number of hydrogen-bond donors (Lipinski definition) is 0. The first kappa shape index (κ1) is 24.7. The van der Waals surface area contributed by atoms with Crippen molar-refractivity contribution >= 4 is 23.2 Å². The van der Waals surface area contributed by atoms with Crippen molar-refractivity contribution in [2.24, 2.45) is 0 Å². The second kappa shape index (κ2) is 11.4.